The van der Waals surface area contributed by atoms with Crippen molar-refractivity contribution in [1.82, 2.24) is 5.32 Å². The summed E-state index contributed by atoms with van der Waals surface area (Å²) in [5, 5.41) is 10.1. The summed E-state index contributed by atoms with van der Waals surface area (Å²) >= 11 is 1.69. The van der Waals surface area contributed by atoms with Gasteiger partial charge in [-0.1, -0.05) is 6.07 Å². The van der Waals surface area contributed by atoms with Gasteiger partial charge in [0.2, 0.25) is 0 Å². The molecule has 1 aromatic heterocycles. The molecule has 1 aromatic carbocycles. The van der Waals surface area contributed by atoms with Crippen LogP contribution in [0.4, 0.5) is 5.69 Å². The number of hydrogen-bond acceptors (Lipinski definition) is 4. The van der Waals surface area contributed by atoms with Crippen LogP contribution in [0.15, 0.2) is 41.1 Å². The fourth-order valence-electron chi connectivity index (χ4n) is 1.75. The Hall–Kier alpha value is -2.01. The van der Waals surface area contributed by atoms with E-state index in [0.717, 1.165) is 5.69 Å². The van der Waals surface area contributed by atoms with Gasteiger partial charge in [0, 0.05) is 24.8 Å². The molecular weight excluding hydrogens is 272 g/mol. The van der Waals surface area contributed by atoms with E-state index in [1.807, 2.05) is 24.3 Å². The predicted octanol–water partition coefficient (Wildman–Crippen LogP) is 3.05. The molecule has 0 bridgehead atoms. The van der Waals surface area contributed by atoms with Gasteiger partial charge in [0.05, 0.1) is 0 Å². The van der Waals surface area contributed by atoms with E-state index in [2.05, 4.69) is 34.4 Å². The molecule has 1 unspecified atom stereocenters. The molecule has 0 saturated carbocycles. The van der Waals surface area contributed by atoms with Gasteiger partial charge < -0.3 is 15.4 Å². The molecule has 0 aliphatic carbocycles. The summed E-state index contributed by atoms with van der Waals surface area (Å²) in [6.45, 7) is 2.14. The first-order chi connectivity index (χ1) is 9.69. The number of hydrogen-bond donors (Lipinski definition) is 2. The summed E-state index contributed by atoms with van der Waals surface area (Å²) in [5.41, 5.74) is 2.23. The Balaban J connectivity index is 1.97. The summed E-state index contributed by atoms with van der Waals surface area (Å²) in [4.78, 5) is 11.2. The van der Waals surface area contributed by atoms with Crippen LogP contribution < -0.4 is 15.4 Å². The Morgan fingerprint density at radius 3 is 2.95 bits per heavy atom. The SMILES string of the molecule is CNC(=O)COc1cccc(NC(C)c2ccsc2)c1. The number of likely N-dealkylation sites (N-methyl/N-ethyl adjacent to an activating group) is 1. The molecule has 0 fully saturated rings. The molecule has 2 rings (SSSR count). The van der Waals surface area contributed by atoms with Gasteiger partial charge >= 0.3 is 0 Å². The number of rotatable bonds is 6. The molecule has 5 heteroatoms. The second-order valence-electron chi connectivity index (χ2n) is 4.41. The van der Waals surface area contributed by atoms with Gasteiger partial charge in [-0.25, -0.2) is 0 Å². The highest BCUT2D eigenvalue weighted by molar-refractivity contribution is 7.07. The molecule has 2 N–H and O–H groups in total. The normalized spacial score (nSPS) is 11.7. The Labute approximate surface area is 122 Å². The van der Waals surface area contributed by atoms with Crippen molar-refractivity contribution in [3.8, 4) is 5.75 Å². The molecule has 0 spiro atoms. The predicted molar refractivity (Wildman–Crippen MR) is 82.4 cm³/mol. The van der Waals surface area contributed by atoms with Crippen molar-refractivity contribution in [2.24, 2.45) is 0 Å². The molecule has 0 saturated heterocycles. The number of carbonyl (C=O) groups is 1. The Morgan fingerprint density at radius 1 is 1.40 bits per heavy atom. The zero-order chi connectivity index (χ0) is 14.4. The lowest BCUT2D eigenvalue weighted by molar-refractivity contribution is -0.122. The molecule has 0 aliphatic rings. The highest BCUT2D eigenvalue weighted by atomic mass is 32.1. The molecule has 4 nitrogen and oxygen atoms in total. The summed E-state index contributed by atoms with van der Waals surface area (Å²) < 4.78 is 5.42. The summed E-state index contributed by atoms with van der Waals surface area (Å²) in [5.74, 6) is 0.533. The standard InChI is InChI=1S/C15H18N2O2S/c1-11(12-6-7-20-10-12)17-13-4-3-5-14(8-13)19-9-15(18)16-2/h3-8,10-11,17H,9H2,1-2H3,(H,16,18). The lowest BCUT2D eigenvalue weighted by atomic mass is 10.1. The number of nitrogens with one attached hydrogen (secondary N) is 2. The van der Waals surface area contributed by atoms with Gasteiger partial charge in [-0.05, 0) is 41.4 Å². The number of amides is 1. The van der Waals surface area contributed by atoms with E-state index in [-0.39, 0.29) is 18.6 Å². The van der Waals surface area contributed by atoms with E-state index in [1.165, 1.54) is 5.56 Å². The van der Waals surface area contributed by atoms with E-state index in [1.54, 1.807) is 18.4 Å². The molecule has 106 valence electrons. The van der Waals surface area contributed by atoms with Gasteiger partial charge in [0.1, 0.15) is 5.75 Å². The summed E-state index contributed by atoms with van der Waals surface area (Å²) in [6.07, 6.45) is 0. The third kappa shape index (κ3) is 3.99. The molecule has 2 aromatic rings. The molecule has 1 heterocycles. The van der Waals surface area contributed by atoms with Gasteiger partial charge in [-0.15, -0.1) is 0 Å². The third-order valence-corrected chi connectivity index (χ3v) is 3.61. The molecule has 20 heavy (non-hydrogen) atoms. The van der Waals surface area contributed by atoms with Crippen LogP contribution in [-0.2, 0) is 4.79 Å². The molecule has 0 radical (unpaired) electrons. The maximum atomic E-state index is 11.2. The maximum Gasteiger partial charge on any atom is 0.257 e. The van der Waals surface area contributed by atoms with Crippen LogP contribution >= 0.6 is 11.3 Å². The molecular formula is C15H18N2O2S. The second-order valence-corrected chi connectivity index (χ2v) is 5.19. The number of carbonyl (C=O) groups excluding carboxylic acids is 1. The zero-order valence-electron chi connectivity index (χ0n) is 11.6. The van der Waals surface area contributed by atoms with Crippen molar-refractivity contribution in [3.63, 3.8) is 0 Å². The molecule has 0 aliphatic heterocycles. The van der Waals surface area contributed by atoms with Crippen molar-refractivity contribution in [3.05, 3.63) is 46.7 Å². The number of benzene rings is 1. The average Bonchev–Trinajstić information content (AvgIpc) is 2.99. The largest absolute Gasteiger partial charge is 0.484 e. The van der Waals surface area contributed by atoms with E-state index >= 15 is 0 Å². The van der Waals surface area contributed by atoms with Crippen molar-refractivity contribution in [2.75, 3.05) is 19.0 Å². The summed E-state index contributed by atoms with van der Waals surface area (Å²) in [7, 11) is 1.59. The van der Waals surface area contributed by atoms with Crippen molar-refractivity contribution in [2.45, 2.75) is 13.0 Å². The third-order valence-electron chi connectivity index (χ3n) is 2.91. The zero-order valence-corrected chi connectivity index (χ0v) is 12.4. The lowest BCUT2D eigenvalue weighted by Gasteiger charge is -2.15. The highest BCUT2D eigenvalue weighted by Crippen LogP contribution is 2.23. The minimum Gasteiger partial charge on any atom is -0.484 e. The van der Waals surface area contributed by atoms with Crippen LogP contribution in [0.2, 0.25) is 0 Å². The van der Waals surface area contributed by atoms with E-state index in [9.17, 15) is 4.79 Å². The van der Waals surface area contributed by atoms with E-state index in [0.29, 0.717) is 5.75 Å². The van der Waals surface area contributed by atoms with Gasteiger partial charge in [-0.2, -0.15) is 11.3 Å². The van der Waals surface area contributed by atoms with Gasteiger partial charge in [0.15, 0.2) is 6.61 Å². The fourth-order valence-corrected chi connectivity index (χ4v) is 2.51. The van der Waals surface area contributed by atoms with Crippen molar-refractivity contribution < 1.29 is 9.53 Å². The van der Waals surface area contributed by atoms with Gasteiger partial charge in [-0.3, -0.25) is 4.79 Å². The quantitative estimate of drug-likeness (QED) is 0.859. The molecule has 1 amide bonds. The fraction of sp³-hybridized carbons (Fsp3) is 0.267. The Morgan fingerprint density at radius 2 is 2.25 bits per heavy atom. The average molecular weight is 290 g/mol. The monoisotopic (exact) mass is 290 g/mol. The number of anilines is 1. The second kappa shape index (κ2) is 6.96. The topological polar surface area (TPSA) is 50.4 Å². The van der Waals surface area contributed by atoms with Crippen molar-refractivity contribution in [1.29, 1.82) is 0 Å². The Bertz CT molecular complexity index is 555. The minimum atomic E-state index is -0.144. The first-order valence-corrected chi connectivity index (χ1v) is 7.35. The molecule has 1 atom stereocenters. The minimum absolute atomic E-state index is 0.0278. The van der Waals surface area contributed by atoms with Crippen LogP contribution in [0.1, 0.15) is 18.5 Å². The smallest absolute Gasteiger partial charge is 0.257 e. The number of ether oxygens (including phenoxy) is 1. The summed E-state index contributed by atoms with van der Waals surface area (Å²) in [6, 6.07) is 9.96. The first-order valence-electron chi connectivity index (χ1n) is 6.41. The van der Waals surface area contributed by atoms with Crippen LogP contribution in [0, 0.1) is 0 Å². The van der Waals surface area contributed by atoms with Crippen LogP contribution in [0.25, 0.3) is 0 Å². The van der Waals surface area contributed by atoms with E-state index < -0.39 is 0 Å². The van der Waals surface area contributed by atoms with Crippen molar-refractivity contribution >= 4 is 22.9 Å². The van der Waals surface area contributed by atoms with Gasteiger partial charge in [0.25, 0.3) is 5.91 Å². The van der Waals surface area contributed by atoms with Crippen LogP contribution in [0.5, 0.6) is 5.75 Å². The lowest BCUT2D eigenvalue weighted by Crippen LogP contribution is -2.24. The first kappa shape index (κ1) is 14.4. The van der Waals surface area contributed by atoms with Crippen LogP contribution in [-0.4, -0.2) is 19.6 Å². The van der Waals surface area contributed by atoms with E-state index in [4.69, 9.17) is 4.74 Å². The highest BCUT2D eigenvalue weighted by Gasteiger charge is 2.06. The number of thiophene rings is 1. The Kier molecular flexibility index (Phi) is 5.01. The van der Waals surface area contributed by atoms with Crippen LogP contribution in [0.3, 0.4) is 0 Å². The maximum absolute atomic E-state index is 11.2.